The molecule has 0 spiro atoms. The Kier molecular flexibility index (Phi) is 16.6. The molecule has 0 bridgehead atoms. The molecule has 16 heteroatoms. The second kappa shape index (κ2) is 25.0. The first-order valence-electron chi connectivity index (χ1n) is 26.6. The van der Waals surface area contributed by atoms with Crippen molar-refractivity contribution in [3.05, 3.63) is 312 Å². The number of ether oxygens (including phenoxy) is 4. The Hall–Kier alpha value is -9.45. The molecule has 10 aromatic carbocycles. The van der Waals surface area contributed by atoms with Crippen LogP contribution in [0.3, 0.4) is 0 Å². The largest absolute Gasteiger partial charge is 0.423 e. The van der Waals surface area contributed by atoms with Crippen molar-refractivity contribution in [1.82, 2.24) is 9.55 Å². The molecule has 1 aromatic heterocycles. The Morgan fingerprint density at radius 1 is 0.360 bits per heavy atom. The van der Waals surface area contributed by atoms with Crippen molar-refractivity contribution < 1.29 is 38.1 Å². The Balaban J connectivity index is 1.11. The van der Waals surface area contributed by atoms with Crippen LogP contribution in [0.5, 0.6) is 23.0 Å². The lowest BCUT2D eigenvalue weighted by Gasteiger charge is -2.31. The van der Waals surface area contributed by atoms with E-state index >= 15 is 0 Å². The topological polar surface area (TPSA) is 148 Å². The number of rotatable bonds is 15. The summed E-state index contributed by atoms with van der Waals surface area (Å²) < 4.78 is 27.8. The summed E-state index contributed by atoms with van der Waals surface area (Å²) in [4.78, 5) is 72.1. The van der Waals surface area contributed by atoms with Gasteiger partial charge < -0.3 is 18.9 Å². The van der Waals surface area contributed by atoms with Gasteiger partial charge in [-0.25, -0.2) is 34.1 Å². The fourth-order valence-corrected chi connectivity index (χ4v) is 12.2. The molecule has 1 aliphatic rings. The number of aliphatic imine (C=N–C) groups is 2. The molecule has 418 valence electrons. The van der Waals surface area contributed by atoms with Gasteiger partial charge in [-0.05, 0) is 143 Å². The van der Waals surface area contributed by atoms with Gasteiger partial charge in [-0.1, -0.05) is 175 Å². The van der Waals surface area contributed by atoms with Gasteiger partial charge in [0.25, 0.3) is 5.79 Å². The van der Waals surface area contributed by atoms with Gasteiger partial charge in [0, 0.05) is 51.3 Å². The Bertz CT molecular complexity index is 4320. The van der Waals surface area contributed by atoms with Crippen LogP contribution in [0.1, 0.15) is 58.1 Å². The predicted molar refractivity (Wildman–Crippen MR) is 344 cm³/mol. The van der Waals surface area contributed by atoms with Gasteiger partial charge in [-0.2, -0.15) is 0 Å². The number of carbonyl (C=O) groups excluding carboxylic acids is 4. The molecule has 0 radical (unpaired) electrons. The van der Waals surface area contributed by atoms with E-state index in [2.05, 4.69) is 63.7 Å². The summed E-state index contributed by atoms with van der Waals surface area (Å²) in [6.07, 6.45) is 0. The van der Waals surface area contributed by atoms with Crippen LogP contribution >= 0.6 is 63.7 Å². The summed E-state index contributed by atoms with van der Waals surface area (Å²) >= 11 is 15.2. The van der Waals surface area contributed by atoms with E-state index < -0.39 is 29.7 Å². The van der Waals surface area contributed by atoms with Crippen LogP contribution in [0, 0.1) is 0 Å². The van der Waals surface area contributed by atoms with Crippen molar-refractivity contribution in [1.29, 1.82) is 0 Å². The SMILES string of the molecule is O=C(Oc1ccccc1)c1ccc(C2=NC(c3ccc(Br)cc3Br)(n3c(-c4ccc(Br)cc4Br)nc(-c4ccc(C(=O)Oc5ccccc5)cc4)c3-c3ccc(C(=O)Oc4ccccc4)cc3)N=C2c2ccc(C(=O)Oc3ccccc3)cc2)cc1. The maximum atomic E-state index is 13.8. The number of nitrogens with zero attached hydrogens (tertiary/aromatic N) is 4. The average molecular weight is 1390 g/mol. The molecular formula is C70H42Br4N4O8. The zero-order valence-electron chi connectivity index (χ0n) is 44.8. The number of aromatic nitrogens is 2. The third-order valence-corrected chi connectivity index (χ3v) is 16.1. The third kappa shape index (κ3) is 12.1. The summed E-state index contributed by atoms with van der Waals surface area (Å²) in [5.41, 5.74) is 6.48. The number of imidazole rings is 1. The van der Waals surface area contributed by atoms with Crippen molar-refractivity contribution >= 4 is 99.0 Å². The molecule has 0 unspecified atom stereocenters. The van der Waals surface area contributed by atoms with Gasteiger partial charge in [-0.3, -0.25) is 4.57 Å². The highest BCUT2D eigenvalue weighted by molar-refractivity contribution is 9.11. The van der Waals surface area contributed by atoms with Gasteiger partial charge in [0.1, 0.15) is 28.8 Å². The second-order valence-electron chi connectivity index (χ2n) is 19.4. The van der Waals surface area contributed by atoms with E-state index in [-0.39, 0.29) is 16.7 Å². The first kappa shape index (κ1) is 57.0. The van der Waals surface area contributed by atoms with Gasteiger partial charge in [0.15, 0.2) is 0 Å². The lowest BCUT2D eigenvalue weighted by Crippen LogP contribution is -2.32. The first-order valence-corrected chi connectivity index (χ1v) is 29.8. The van der Waals surface area contributed by atoms with Crippen LogP contribution in [-0.4, -0.2) is 44.9 Å². The minimum atomic E-state index is -1.83. The van der Waals surface area contributed by atoms with Gasteiger partial charge in [-0.15, -0.1) is 0 Å². The summed E-state index contributed by atoms with van der Waals surface area (Å²) in [5, 5.41) is 0. The van der Waals surface area contributed by atoms with E-state index in [9.17, 15) is 19.2 Å². The lowest BCUT2D eigenvalue weighted by molar-refractivity contribution is 0.0725. The maximum Gasteiger partial charge on any atom is 0.343 e. The van der Waals surface area contributed by atoms with E-state index in [0.717, 1.165) is 8.95 Å². The number of hydrogen-bond donors (Lipinski definition) is 0. The molecule has 2 heterocycles. The molecule has 0 N–H and O–H groups in total. The number of hydrogen-bond acceptors (Lipinski definition) is 11. The van der Waals surface area contributed by atoms with Crippen LogP contribution in [0.25, 0.3) is 33.9 Å². The number of benzene rings is 10. The van der Waals surface area contributed by atoms with Crippen molar-refractivity contribution in [2.24, 2.45) is 9.98 Å². The van der Waals surface area contributed by atoms with Crippen LogP contribution in [0.4, 0.5) is 0 Å². The highest BCUT2D eigenvalue weighted by Crippen LogP contribution is 2.49. The normalized spacial score (nSPS) is 12.4. The number of para-hydroxylation sites is 4. The van der Waals surface area contributed by atoms with Crippen LogP contribution in [-0.2, 0) is 5.79 Å². The van der Waals surface area contributed by atoms with E-state index in [4.69, 9.17) is 33.9 Å². The Labute approximate surface area is 527 Å². The highest BCUT2D eigenvalue weighted by atomic mass is 79.9. The smallest absolute Gasteiger partial charge is 0.343 e. The highest BCUT2D eigenvalue weighted by Gasteiger charge is 2.46. The Morgan fingerprint density at radius 2 is 0.698 bits per heavy atom. The summed E-state index contributed by atoms with van der Waals surface area (Å²) in [6, 6.07) is 74.7. The monoisotopic (exact) mass is 1380 g/mol. The van der Waals surface area contributed by atoms with Crippen molar-refractivity contribution in [3.63, 3.8) is 0 Å². The summed E-state index contributed by atoms with van der Waals surface area (Å²) in [6.45, 7) is 0. The Morgan fingerprint density at radius 3 is 1.06 bits per heavy atom. The molecule has 0 saturated carbocycles. The standard InChI is InChI=1S/C70H42Br4N4O8/c71-51-37-39-57(59(73)41-51)65-75-63(45-25-33-49(34-26-45)68(81)85-55-17-9-3-10-18-55)64(46-27-35-50(36-28-46)69(82)86-56-19-11-4-12-20-56)78(65)70(58-40-38-52(72)42-60(58)74)76-61(43-21-29-47(30-22-43)66(79)83-53-13-5-1-6-14-53)62(77-70)44-23-31-48(32-24-44)67(80)84-54-15-7-2-8-16-54/h1-42H. The molecule has 0 aliphatic carbocycles. The van der Waals surface area contributed by atoms with Gasteiger partial charge >= 0.3 is 23.9 Å². The molecule has 0 saturated heterocycles. The molecule has 0 fully saturated rings. The second-order valence-corrected chi connectivity index (χ2v) is 22.9. The first-order chi connectivity index (χ1) is 41.9. The predicted octanol–water partition coefficient (Wildman–Crippen LogP) is 17.5. The number of esters is 4. The van der Waals surface area contributed by atoms with Crippen LogP contribution < -0.4 is 18.9 Å². The summed E-state index contributed by atoms with van der Waals surface area (Å²) in [7, 11) is 0. The van der Waals surface area contributed by atoms with E-state index in [1.807, 2.05) is 77.4 Å². The lowest BCUT2D eigenvalue weighted by atomic mass is 9.98. The number of carbonyl (C=O) groups is 4. The fraction of sp³-hybridized carbons (Fsp3) is 0.0143. The molecule has 12 rings (SSSR count). The molecule has 12 nitrogen and oxygen atoms in total. The van der Waals surface area contributed by atoms with Gasteiger partial charge in [0.05, 0.1) is 45.1 Å². The maximum absolute atomic E-state index is 13.8. The van der Waals surface area contributed by atoms with E-state index in [0.29, 0.717) is 99.5 Å². The van der Waals surface area contributed by atoms with Crippen LogP contribution in [0.15, 0.2) is 283 Å². The molecule has 11 aromatic rings. The fourth-order valence-electron chi connectivity index (χ4n) is 9.67. The van der Waals surface area contributed by atoms with Gasteiger partial charge in [0.2, 0.25) is 0 Å². The average Bonchev–Trinajstić information content (AvgIpc) is 1.71. The van der Waals surface area contributed by atoms with Crippen molar-refractivity contribution in [2.45, 2.75) is 5.79 Å². The molecule has 0 amide bonds. The molecule has 86 heavy (non-hydrogen) atoms. The van der Waals surface area contributed by atoms with E-state index in [1.54, 1.807) is 182 Å². The zero-order valence-corrected chi connectivity index (χ0v) is 51.2. The van der Waals surface area contributed by atoms with E-state index in [1.165, 1.54) is 0 Å². The van der Waals surface area contributed by atoms with Crippen molar-refractivity contribution in [3.8, 4) is 56.9 Å². The van der Waals surface area contributed by atoms with Crippen LogP contribution in [0.2, 0.25) is 0 Å². The molecule has 1 aliphatic heterocycles. The third-order valence-electron chi connectivity index (χ3n) is 13.8. The minimum Gasteiger partial charge on any atom is -0.423 e. The minimum absolute atomic E-state index is 0.279. The molecule has 0 atom stereocenters. The van der Waals surface area contributed by atoms with Crippen molar-refractivity contribution in [2.75, 3.05) is 0 Å². The summed E-state index contributed by atoms with van der Waals surface area (Å²) in [5.74, 6) is -2.10. The zero-order chi connectivity index (χ0) is 59.3. The number of halogens is 4. The quantitative estimate of drug-likeness (QED) is 0.0722. The molecular weight excluding hydrogens is 1340 g/mol.